The molecule has 0 saturated carbocycles. The Morgan fingerprint density at radius 1 is 1.41 bits per heavy atom. The SMILES string of the molecule is Cc1ccsc1CNCC1CN(C)CCN1C. The zero-order valence-corrected chi connectivity index (χ0v) is 11.9. The second kappa shape index (κ2) is 5.96. The molecule has 0 aromatic carbocycles. The van der Waals surface area contributed by atoms with Crippen LogP contribution in [0.25, 0.3) is 0 Å². The van der Waals surface area contributed by atoms with Gasteiger partial charge in [0.1, 0.15) is 0 Å². The van der Waals surface area contributed by atoms with E-state index in [2.05, 4.69) is 47.6 Å². The van der Waals surface area contributed by atoms with Crippen LogP contribution in [0.15, 0.2) is 11.4 Å². The van der Waals surface area contributed by atoms with Crippen molar-refractivity contribution >= 4 is 11.3 Å². The molecule has 0 amide bonds. The lowest BCUT2D eigenvalue weighted by molar-refractivity contribution is 0.113. The molecule has 1 unspecified atom stereocenters. The maximum atomic E-state index is 3.59. The summed E-state index contributed by atoms with van der Waals surface area (Å²) in [6.07, 6.45) is 0. The summed E-state index contributed by atoms with van der Waals surface area (Å²) in [7, 11) is 4.44. The van der Waals surface area contributed by atoms with Crippen molar-refractivity contribution in [3.63, 3.8) is 0 Å². The van der Waals surface area contributed by atoms with Crippen LogP contribution in [0.3, 0.4) is 0 Å². The van der Waals surface area contributed by atoms with Crippen LogP contribution in [0.5, 0.6) is 0 Å². The van der Waals surface area contributed by atoms with E-state index in [0.29, 0.717) is 6.04 Å². The monoisotopic (exact) mass is 253 g/mol. The molecule has 0 bridgehead atoms. The number of nitrogens with one attached hydrogen (secondary N) is 1. The van der Waals surface area contributed by atoms with Gasteiger partial charge in [-0.15, -0.1) is 11.3 Å². The molecular formula is C13H23N3S. The summed E-state index contributed by atoms with van der Waals surface area (Å²) in [5.41, 5.74) is 1.41. The lowest BCUT2D eigenvalue weighted by Gasteiger charge is -2.37. The molecule has 0 spiro atoms. The lowest BCUT2D eigenvalue weighted by atomic mass is 10.2. The molecule has 1 saturated heterocycles. The van der Waals surface area contributed by atoms with Crippen LogP contribution in [0, 0.1) is 6.92 Å². The first kappa shape index (κ1) is 13.0. The summed E-state index contributed by atoms with van der Waals surface area (Å²) < 4.78 is 0. The predicted molar refractivity (Wildman–Crippen MR) is 74.7 cm³/mol. The van der Waals surface area contributed by atoms with E-state index in [1.807, 2.05) is 11.3 Å². The van der Waals surface area contributed by atoms with E-state index in [-0.39, 0.29) is 0 Å². The third-order valence-corrected chi connectivity index (χ3v) is 4.64. The third kappa shape index (κ3) is 3.52. The second-order valence-corrected chi connectivity index (χ2v) is 6.06. The quantitative estimate of drug-likeness (QED) is 0.875. The van der Waals surface area contributed by atoms with Crippen molar-refractivity contribution in [1.82, 2.24) is 15.1 Å². The van der Waals surface area contributed by atoms with Gasteiger partial charge < -0.3 is 10.2 Å². The molecule has 1 atom stereocenters. The van der Waals surface area contributed by atoms with Gasteiger partial charge in [-0.25, -0.2) is 0 Å². The van der Waals surface area contributed by atoms with E-state index < -0.39 is 0 Å². The first-order valence-electron chi connectivity index (χ1n) is 6.29. The maximum absolute atomic E-state index is 3.59. The van der Waals surface area contributed by atoms with Gasteiger partial charge in [-0.2, -0.15) is 0 Å². The fraction of sp³-hybridized carbons (Fsp3) is 0.692. The Hall–Kier alpha value is -0.420. The Morgan fingerprint density at radius 2 is 2.24 bits per heavy atom. The van der Waals surface area contributed by atoms with Crippen LogP contribution >= 0.6 is 11.3 Å². The topological polar surface area (TPSA) is 18.5 Å². The number of nitrogens with zero attached hydrogens (tertiary/aromatic N) is 2. The number of aryl methyl sites for hydroxylation is 1. The van der Waals surface area contributed by atoms with Crippen molar-refractivity contribution in [3.05, 3.63) is 21.9 Å². The molecule has 1 aromatic rings. The molecule has 1 aliphatic heterocycles. The number of likely N-dealkylation sites (N-methyl/N-ethyl adjacent to an activating group) is 2. The van der Waals surface area contributed by atoms with Crippen LogP contribution in [0.2, 0.25) is 0 Å². The largest absolute Gasteiger partial charge is 0.310 e. The molecule has 3 nitrogen and oxygen atoms in total. The maximum Gasteiger partial charge on any atom is 0.0345 e. The van der Waals surface area contributed by atoms with Crippen LogP contribution in [0.4, 0.5) is 0 Å². The predicted octanol–water partition coefficient (Wildman–Crippen LogP) is 1.39. The Balaban J connectivity index is 1.76. The molecule has 1 aliphatic rings. The number of hydrogen-bond donors (Lipinski definition) is 1. The van der Waals surface area contributed by atoms with Gasteiger partial charge in [0.15, 0.2) is 0 Å². The minimum absolute atomic E-state index is 0.647. The second-order valence-electron chi connectivity index (χ2n) is 5.05. The normalized spacial score (nSPS) is 23.1. The zero-order chi connectivity index (χ0) is 12.3. The average molecular weight is 253 g/mol. The van der Waals surface area contributed by atoms with Crippen LogP contribution in [0.1, 0.15) is 10.4 Å². The van der Waals surface area contributed by atoms with Crippen LogP contribution in [-0.4, -0.2) is 56.1 Å². The van der Waals surface area contributed by atoms with Gasteiger partial charge in [-0.05, 0) is 38.0 Å². The fourth-order valence-corrected chi connectivity index (χ4v) is 3.14. The van der Waals surface area contributed by atoms with Gasteiger partial charge in [-0.3, -0.25) is 4.90 Å². The summed E-state index contributed by atoms with van der Waals surface area (Å²) in [6, 6.07) is 2.84. The molecule has 0 radical (unpaired) electrons. The summed E-state index contributed by atoms with van der Waals surface area (Å²) >= 11 is 1.85. The van der Waals surface area contributed by atoms with Crippen molar-refractivity contribution in [2.24, 2.45) is 0 Å². The Morgan fingerprint density at radius 3 is 2.94 bits per heavy atom. The van der Waals surface area contributed by atoms with Crippen molar-refractivity contribution in [3.8, 4) is 0 Å². The van der Waals surface area contributed by atoms with Gasteiger partial charge in [0.2, 0.25) is 0 Å². The van der Waals surface area contributed by atoms with E-state index in [1.54, 1.807) is 0 Å². The molecule has 2 heterocycles. The van der Waals surface area contributed by atoms with Crippen molar-refractivity contribution < 1.29 is 0 Å². The Labute approximate surface area is 108 Å². The molecule has 1 fully saturated rings. The average Bonchev–Trinajstić information content (AvgIpc) is 2.70. The van der Waals surface area contributed by atoms with Gasteiger partial charge in [0.25, 0.3) is 0 Å². The highest BCUT2D eigenvalue weighted by molar-refractivity contribution is 7.10. The standard InChI is InChI=1S/C13H23N3S/c1-11-4-7-17-13(11)9-14-8-12-10-15(2)5-6-16(12)3/h4,7,12,14H,5-6,8-10H2,1-3H3. The third-order valence-electron chi connectivity index (χ3n) is 3.61. The van der Waals surface area contributed by atoms with Gasteiger partial charge in [-0.1, -0.05) is 0 Å². The molecule has 17 heavy (non-hydrogen) atoms. The molecule has 2 rings (SSSR count). The lowest BCUT2D eigenvalue weighted by Crippen LogP contribution is -2.53. The van der Waals surface area contributed by atoms with Crippen LogP contribution < -0.4 is 5.32 Å². The van der Waals surface area contributed by atoms with Crippen molar-refractivity contribution in [1.29, 1.82) is 0 Å². The highest BCUT2D eigenvalue weighted by Crippen LogP contribution is 2.15. The number of hydrogen-bond acceptors (Lipinski definition) is 4. The smallest absolute Gasteiger partial charge is 0.0345 e. The summed E-state index contributed by atoms with van der Waals surface area (Å²) in [5, 5.41) is 5.76. The van der Waals surface area contributed by atoms with Gasteiger partial charge >= 0.3 is 0 Å². The van der Waals surface area contributed by atoms with E-state index >= 15 is 0 Å². The summed E-state index contributed by atoms with van der Waals surface area (Å²) in [6.45, 7) is 7.83. The molecule has 4 heteroatoms. The molecule has 1 aromatic heterocycles. The van der Waals surface area contributed by atoms with E-state index in [9.17, 15) is 0 Å². The van der Waals surface area contributed by atoms with Crippen LogP contribution in [-0.2, 0) is 6.54 Å². The molecule has 0 aliphatic carbocycles. The number of piperazine rings is 1. The minimum Gasteiger partial charge on any atom is -0.310 e. The minimum atomic E-state index is 0.647. The van der Waals surface area contributed by atoms with Gasteiger partial charge in [0, 0.05) is 43.6 Å². The van der Waals surface area contributed by atoms with Crippen molar-refractivity contribution in [2.45, 2.75) is 19.5 Å². The van der Waals surface area contributed by atoms with Gasteiger partial charge in [0.05, 0.1) is 0 Å². The first-order chi connectivity index (χ1) is 8.16. The van der Waals surface area contributed by atoms with E-state index in [1.165, 1.54) is 30.1 Å². The molecule has 96 valence electrons. The number of rotatable bonds is 4. The molecule has 1 N–H and O–H groups in total. The Bertz CT molecular complexity index is 350. The fourth-order valence-electron chi connectivity index (χ4n) is 2.26. The first-order valence-corrected chi connectivity index (χ1v) is 7.17. The highest BCUT2D eigenvalue weighted by Gasteiger charge is 2.21. The summed E-state index contributed by atoms with van der Waals surface area (Å²) in [5.74, 6) is 0. The van der Waals surface area contributed by atoms with E-state index in [0.717, 1.165) is 13.1 Å². The number of thiophene rings is 1. The highest BCUT2D eigenvalue weighted by atomic mass is 32.1. The zero-order valence-electron chi connectivity index (χ0n) is 11.1. The molecular weight excluding hydrogens is 230 g/mol. The van der Waals surface area contributed by atoms with E-state index in [4.69, 9.17) is 0 Å². The van der Waals surface area contributed by atoms with Crippen molar-refractivity contribution in [2.75, 3.05) is 40.3 Å². The Kier molecular flexibility index (Phi) is 4.56. The summed E-state index contributed by atoms with van der Waals surface area (Å²) in [4.78, 5) is 6.36.